The van der Waals surface area contributed by atoms with Gasteiger partial charge < -0.3 is 14.3 Å². The standard InChI is InChI=1S/C12H13BrN2O2/c1-8(11-4-3-5-17-11)14-12(16)10-6-9(13)7-15(10)2/h3-8H,1-2H3,(H,14,16). The number of amides is 1. The van der Waals surface area contributed by atoms with Crippen LogP contribution in [0.25, 0.3) is 0 Å². The molecule has 2 rings (SSSR count). The Morgan fingerprint density at radius 3 is 2.88 bits per heavy atom. The lowest BCUT2D eigenvalue weighted by Gasteiger charge is -2.11. The van der Waals surface area contributed by atoms with E-state index in [4.69, 9.17) is 4.42 Å². The Morgan fingerprint density at radius 2 is 2.35 bits per heavy atom. The molecular formula is C12H13BrN2O2. The van der Waals surface area contributed by atoms with Gasteiger partial charge in [-0.25, -0.2) is 0 Å². The predicted octanol–water partition coefficient (Wildman–Crippen LogP) is 2.87. The molecule has 2 aromatic rings. The monoisotopic (exact) mass is 296 g/mol. The first-order valence-corrected chi connectivity index (χ1v) is 6.03. The lowest BCUT2D eigenvalue weighted by atomic mass is 10.2. The summed E-state index contributed by atoms with van der Waals surface area (Å²) in [4.78, 5) is 12.0. The fourth-order valence-corrected chi connectivity index (χ4v) is 2.15. The van der Waals surface area contributed by atoms with Crippen molar-refractivity contribution in [3.8, 4) is 0 Å². The minimum atomic E-state index is -0.147. The summed E-state index contributed by atoms with van der Waals surface area (Å²) in [5.41, 5.74) is 0.607. The van der Waals surface area contributed by atoms with Gasteiger partial charge in [-0.1, -0.05) is 0 Å². The van der Waals surface area contributed by atoms with Crippen LogP contribution in [0.4, 0.5) is 0 Å². The molecule has 1 amide bonds. The second-order valence-electron chi connectivity index (χ2n) is 3.87. The van der Waals surface area contributed by atoms with Crippen LogP contribution in [0, 0.1) is 0 Å². The number of aromatic nitrogens is 1. The van der Waals surface area contributed by atoms with Gasteiger partial charge in [0, 0.05) is 17.7 Å². The van der Waals surface area contributed by atoms with E-state index in [1.54, 1.807) is 23.0 Å². The van der Waals surface area contributed by atoms with E-state index in [2.05, 4.69) is 21.2 Å². The van der Waals surface area contributed by atoms with Crippen molar-refractivity contribution < 1.29 is 9.21 Å². The Bertz CT molecular complexity index is 517. The van der Waals surface area contributed by atoms with Crippen molar-refractivity contribution in [2.24, 2.45) is 7.05 Å². The number of nitrogens with one attached hydrogen (secondary N) is 1. The predicted molar refractivity (Wildman–Crippen MR) is 67.7 cm³/mol. The van der Waals surface area contributed by atoms with Crippen molar-refractivity contribution in [3.05, 3.63) is 46.6 Å². The molecule has 0 saturated carbocycles. The quantitative estimate of drug-likeness (QED) is 0.947. The molecular weight excluding hydrogens is 284 g/mol. The Labute approximate surface area is 108 Å². The Hall–Kier alpha value is -1.49. The summed E-state index contributed by atoms with van der Waals surface area (Å²) in [7, 11) is 1.83. The summed E-state index contributed by atoms with van der Waals surface area (Å²) in [6.07, 6.45) is 3.43. The Balaban J connectivity index is 2.09. The smallest absolute Gasteiger partial charge is 0.268 e. The lowest BCUT2D eigenvalue weighted by Crippen LogP contribution is -2.27. The van der Waals surface area contributed by atoms with Crippen LogP contribution in [0.2, 0.25) is 0 Å². The third-order valence-corrected chi connectivity index (χ3v) is 2.96. The van der Waals surface area contributed by atoms with Crippen molar-refractivity contribution in [3.63, 3.8) is 0 Å². The minimum Gasteiger partial charge on any atom is -0.467 e. The molecule has 1 N–H and O–H groups in total. The number of aryl methyl sites for hydroxylation is 1. The van der Waals surface area contributed by atoms with Gasteiger partial charge in [0.25, 0.3) is 5.91 Å². The maximum Gasteiger partial charge on any atom is 0.268 e. The lowest BCUT2D eigenvalue weighted by molar-refractivity contribution is 0.0927. The molecule has 0 bridgehead atoms. The molecule has 90 valence electrons. The number of halogens is 1. The largest absolute Gasteiger partial charge is 0.467 e. The molecule has 17 heavy (non-hydrogen) atoms. The van der Waals surface area contributed by atoms with E-state index in [1.807, 2.05) is 26.2 Å². The molecule has 2 heterocycles. The number of hydrogen-bond donors (Lipinski definition) is 1. The fraction of sp³-hybridized carbons (Fsp3) is 0.250. The van der Waals surface area contributed by atoms with Crippen LogP contribution in [0.3, 0.4) is 0 Å². The maximum atomic E-state index is 12.0. The number of carbonyl (C=O) groups excluding carboxylic acids is 1. The van der Waals surface area contributed by atoms with E-state index >= 15 is 0 Å². The van der Waals surface area contributed by atoms with E-state index in [1.165, 1.54) is 0 Å². The molecule has 0 aliphatic heterocycles. The van der Waals surface area contributed by atoms with Crippen molar-refractivity contribution in [1.29, 1.82) is 0 Å². The van der Waals surface area contributed by atoms with Crippen LogP contribution in [-0.2, 0) is 7.05 Å². The van der Waals surface area contributed by atoms with Gasteiger partial charge in [-0.15, -0.1) is 0 Å². The first-order valence-electron chi connectivity index (χ1n) is 5.24. The van der Waals surface area contributed by atoms with Gasteiger partial charge in [0.05, 0.1) is 12.3 Å². The van der Waals surface area contributed by atoms with Crippen molar-refractivity contribution in [1.82, 2.24) is 9.88 Å². The van der Waals surface area contributed by atoms with E-state index in [0.717, 1.165) is 10.2 Å². The number of carbonyl (C=O) groups is 1. The van der Waals surface area contributed by atoms with E-state index in [-0.39, 0.29) is 11.9 Å². The first kappa shape index (κ1) is 12.0. The average molecular weight is 297 g/mol. The zero-order chi connectivity index (χ0) is 12.4. The average Bonchev–Trinajstić information content (AvgIpc) is 2.87. The minimum absolute atomic E-state index is 0.123. The highest BCUT2D eigenvalue weighted by molar-refractivity contribution is 9.10. The molecule has 0 saturated heterocycles. The molecule has 0 aliphatic carbocycles. The van der Waals surface area contributed by atoms with Gasteiger partial charge in [-0.3, -0.25) is 4.79 Å². The summed E-state index contributed by atoms with van der Waals surface area (Å²) in [5.74, 6) is 0.619. The van der Waals surface area contributed by atoms with Gasteiger partial charge in [-0.2, -0.15) is 0 Å². The topological polar surface area (TPSA) is 47.2 Å². The van der Waals surface area contributed by atoms with Gasteiger partial charge >= 0.3 is 0 Å². The molecule has 0 spiro atoms. The first-order chi connectivity index (χ1) is 8.08. The summed E-state index contributed by atoms with van der Waals surface area (Å²) in [6.45, 7) is 1.88. The number of rotatable bonds is 3. The molecule has 1 atom stereocenters. The third-order valence-electron chi connectivity index (χ3n) is 2.52. The zero-order valence-electron chi connectivity index (χ0n) is 9.61. The molecule has 4 nitrogen and oxygen atoms in total. The van der Waals surface area contributed by atoms with Gasteiger partial charge in [0.1, 0.15) is 11.5 Å². The molecule has 2 aromatic heterocycles. The second kappa shape index (κ2) is 4.79. The van der Waals surface area contributed by atoms with E-state index in [9.17, 15) is 4.79 Å². The van der Waals surface area contributed by atoms with Gasteiger partial charge in [-0.05, 0) is 41.1 Å². The highest BCUT2D eigenvalue weighted by Crippen LogP contribution is 2.16. The van der Waals surface area contributed by atoms with Crippen molar-refractivity contribution in [2.45, 2.75) is 13.0 Å². The number of nitrogens with zero attached hydrogens (tertiary/aromatic N) is 1. The van der Waals surface area contributed by atoms with Crippen LogP contribution in [-0.4, -0.2) is 10.5 Å². The molecule has 1 unspecified atom stereocenters. The van der Waals surface area contributed by atoms with Crippen LogP contribution < -0.4 is 5.32 Å². The Kier molecular flexibility index (Phi) is 3.38. The molecule has 0 aromatic carbocycles. The molecule has 0 aliphatic rings. The second-order valence-corrected chi connectivity index (χ2v) is 4.78. The SMILES string of the molecule is CC(NC(=O)c1cc(Br)cn1C)c1ccco1. The van der Waals surface area contributed by atoms with Gasteiger partial charge in [0.2, 0.25) is 0 Å². The van der Waals surface area contributed by atoms with Gasteiger partial charge in [0.15, 0.2) is 0 Å². The summed E-state index contributed by atoms with van der Waals surface area (Å²) in [6, 6.07) is 5.28. The molecule has 0 radical (unpaired) electrons. The third kappa shape index (κ3) is 2.61. The van der Waals surface area contributed by atoms with Crippen LogP contribution in [0.1, 0.15) is 29.2 Å². The zero-order valence-corrected chi connectivity index (χ0v) is 11.2. The van der Waals surface area contributed by atoms with Crippen LogP contribution in [0.15, 0.2) is 39.5 Å². The summed E-state index contributed by atoms with van der Waals surface area (Å²) >= 11 is 3.34. The fourth-order valence-electron chi connectivity index (χ4n) is 1.63. The Morgan fingerprint density at radius 1 is 1.59 bits per heavy atom. The molecule has 0 fully saturated rings. The normalized spacial score (nSPS) is 12.4. The van der Waals surface area contributed by atoms with Crippen LogP contribution in [0.5, 0.6) is 0 Å². The van der Waals surface area contributed by atoms with Crippen LogP contribution >= 0.6 is 15.9 Å². The van der Waals surface area contributed by atoms with E-state index in [0.29, 0.717) is 5.69 Å². The maximum absolute atomic E-state index is 12.0. The van der Waals surface area contributed by atoms with Crippen molar-refractivity contribution >= 4 is 21.8 Å². The number of furan rings is 1. The number of hydrogen-bond acceptors (Lipinski definition) is 2. The van der Waals surface area contributed by atoms with E-state index < -0.39 is 0 Å². The highest BCUT2D eigenvalue weighted by atomic mass is 79.9. The summed E-state index contributed by atoms with van der Waals surface area (Å²) < 4.78 is 7.89. The highest BCUT2D eigenvalue weighted by Gasteiger charge is 2.15. The summed E-state index contributed by atoms with van der Waals surface area (Å²) in [5, 5.41) is 2.88. The molecule has 5 heteroatoms. The van der Waals surface area contributed by atoms with Crippen molar-refractivity contribution in [2.75, 3.05) is 0 Å².